The summed E-state index contributed by atoms with van der Waals surface area (Å²) in [4.78, 5) is 13.7. The number of aryl methyl sites for hydroxylation is 2. The van der Waals surface area contributed by atoms with E-state index in [1.807, 2.05) is 30.3 Å². The van der Waals surface area contributed by atoms with Crippen LogP contribution in [-0.2, 0) is 6.54 Å². The maximum atomic E-state index is 12.5. The number of hydrogen-bond donors (Lipinski definition) is 1. The SMILES string of the molecule is COc1cccc(OC)c1CNC(=O)c1ccc(Sc2c(C)cccc2C)o1. The first-order valence-electron chi connectivity index (χ1n) is 8.85. The van der Waals surface area contributed by atoms with Crippen molar-refractivity contribution in [3.8, 4) is 11.5 Å². The van der Waals surface area contributed by atoms with Crippen molar-refractivity contribution in [2.45, 2.75) is 30.4 Å². The lowest BCUT2D eigenvalue weighted by Gasteiger charge is -2.13. The largest absolute Gasteiger partial charge is 0.496 e. The zero-order chi connectivity index (χ0) is 20.1. The number of nitrogens with one attached hydrogen (secondary N) is 1. The number of rotatable bonds is 7. The average Bonchev–Trinajstić information content (AvgIpc) is 3.17. The molecule has 2 aromatic carbocycles. The van der Waals surface area contributed by atoms with Crippen molar-refractivity contribution < 1.29 is 18.7 Å². The lowest BCUT2D eigenvalue weighted by molar-refractivity contribution is 0.0917. The number of carbonyl (C=O) groups excluding carboxylic acids is 1. The van der Waals surface area contributed by atoms with Crippen LogP contribution in [0.4, 0.5) is 0 Å². The second kappa shape index (κ2) is 8.89. The van der Waals surface area contributed by atoms with Gasteiger partial charge in [0.2, 0.25) is 0 Å². The maximum absolute atomic E-state index is 12.5. The lowest BCUT2D eigenvalue weighted by atomic mass is 10.1. The second-order valence-electron chi connectivity index (χ2n) is 6.27. The fourth-order valence-electron chi connectivity index (χ4n) is 2.92. The number of benzene rings is 2. The first kappa shape index (κ1) is 19.9. The van der Waals surface area contributed by atoms with Crippen LogP contribution in [0.25, 0.3) is 0 Å². The molecule has 0 saturated heterocycles. The van der Waals surface area contributed by atoms with Crippen LogP contribution in [0.15, 0.2) is 62.9 Å². The fraction of sp³-hybridized carbons (Fsp3) is 0.227. The molecular weight excluding hydrogens is 374 g/mol. The van der Waals surface area contributed by atoms with Gasteiger partial charge < -0.3 is 19.2 Å². The zero-order valence-electron chi connectivity index (χ0n) is 16.4. The molecule has 0 aliphatic heterocycles. The molecule has 3 aromatic rings. The molecule has 5 nitrogen and oxygen atoms in total. The average molecular weight is 397 g/mol. The highest BCUT2D eigenvalue weighted by atomic mass is 32.2. The quantitative estimate of drug-likeness (QED) is 0.608. The molecular formula is C22H23NO4S. The summed E-state index contributed by atoms with van der Waals surface area (Å²) in [7, 11) is 3.17. The van der Waals surface area contributed by atoms with Gasteiger partial charge >= 0.3 is 0 Å². The summed E-state index contributed by atoms with van der Waals surface area (Å²) in [6.07, 6.45) is 0. The molecule has 0 aliphatic carbocycles. The van der Waals surface area contributed by atoms with Crippen LogP contribution in [0.2, 0.25) is 0 Å². The third-order valence-corrected chi connectivity index (χ3v) is 5.64. The predicted molar refractivity (Wildman–Crippen MR) is 109 cm³/mol. The van der Waals surface area contributed by atoms with E-state index in [0.29, 0.717) is 16.6 Å². The number of hydrogen-bond acceptors (Lipinski definition) is 5. The van der Waals surface area contributed by atoms with Gasteiger partial charge in [-0.2, -0.15) is 0 Å². The summed E-state index contributed by atoms with van der Waals surface area (Å²) in [6.45, 7) is 4.39. The van der Waals surface area contributed by atoms with Gasteiger partial charge in [0, 0.05) is 4.90 Å². The Morgan fingerprint density at radius 1 is 0.964 bits per heavy atom. The van der Waals surface area contributed by atoms with Crippen LogP contribution in [-0.4, -0.2) is 20.1 Å². The van der Waals surface area contributed by atoms with Gasteiger partial charge in [-0.05, 0) is 49.2 Å². The molecule has 28 heavy (non-hydrogen) atoms. The third kappa shape index (κ3) is 4.34. The zero-order valence-corrected chi connectivity index (χ0v) is 17.2. The van der Waals surface area contributed by atoms with E-state index in [1.54, 1.807) is 20.3 Å². The van der Waals surface area contributed by atoms with Crippen molar-refractivity contribution in [1.82, 2.24) is 5.32 Å². The monoisotopic (exact) mass is 397 g/mol. The van der Waals surface area contributed by atoms with Crippen LogP contribution < -0.4 is 14.8 Å². The van der Waals surface area contributed by atoms with E-state index in [2.05, 4.69) is 31.3 Å². The minimum atomic E-state index is -0.290. The minimum Gasteiger partial charge on any atom is -0.496 e. The normalized spacial score (nSPS) is 10.6. The second-order valence-corrected chi connectivity index (χ2v) is 7.28. The minimum absolute atomic E-state index is 0.266. The molecule has 0 unspecified atom stereocenters. The molecule has 1 aromatic heterocycles. The number of methoxy groups -OCH3 is 2. The molecule has 0 atom stereocenters. The Hall–Kier alpha value is -2.86. The standard InChI is InChI=1S/C22H23NO4S/c1-14-7-5-8-15(2)21(14)28-20-12-11-19(27-20)22(24)23-13-16-17(25-3)9-6-10-18(16)26-4/h5-12H,13H2,1-4H3,(H,23,24). The maximum Gasteiger partial charge on any atom is 0.287 e. The van der Waals surface area contributed by atoms with Gasteiger partial charge in [0.15, 0.2) is 10.9 Å². The van der Waals surface area contributed by atoms with Crippen LogP contribution in [0.3, 0.4) is 0 Å². The first-order chi connectivity index (χ1) is 13.5. The number of carbonyl (C=O) groups is 1. The van der Waals surface area contributed by atoms with Crippen LogP contribution in [0.1, 0.15) is 27.2 Å². The van der Waals surface area contributed by atoms with Gasteiger partial charge in [-0.25, -0.2) is 0 Å². The molecule has 6 heteroatoms. The topological polar surface area (TPSA) is 60.7 Å². The van der Waals surface area contributed by atoms with Crippen molar-refractivity contribution in [2.75, 3.05) is 14.2 Å². The van der Waals surface area contributed by atoms with Gasteiger partial charge in [-0.3, -0.25) is 4.79 Å². The Bertz CT molecular complexity index is 938. The molecule has 0 radical (unpaired) electrons. The third-order valence-electron chi connectivity index (χ3n) is 4.37. The molecule has 0 aliphatic rings. The Balaban J connectivity index is 1.70. The van der Waals surface area contributed by atoms with Gasteiger partial charge in [-0.15, -0.1) is 0 Å². The summed E-state index contributed by atoms with van der Waals surface area (Å²) in [6, 6.07) is 15.2. The van der Waals surface area contributed by atoms with E-state index < -0.39 is 0 Å². The molecule has 1 N–H and O–H groups in total. The Morgan fingerprint density at radius 2 is 1.57 bits per heavy atom. The van der Waals surface area contributed by atoms with Crippen molar-refractivity contribution >= 4 is 17.7 Å². The van der Waals surface area contributed by atoms with Crippen LogP contribution in [0.5, 0.6) is 11.5 Å². The molecule has 146 valence electrons. The molecule has 0 fully saturated rings. The first-order valence-corrected chi connectivity index (χ1v) is 9.67. The van der Waals surface area contributed by atoms with Gasteiger partial charge in [0.25, 0.3) is 5.91 Å². The van der Waals surface area contributed by atoms with Crippen molar-refractivity contribution in [3.05, 3.63) is 71.0 Å². The Labute approximate surface area is 169 Å². The Kier molecular flexibility index (Phi) is 6.31. The van der Waals surface area contributed by atoms with Gasteiger partial charge in [-0.1, -0.05) is 36.0 Å². The van der Waals surface area contributed by atoms with E-state index in [4.69, 9.17) is 13.9 Å². The summed E-state index contributed by atoms with van der Waals surface area (Å²) < 4.78 is 16.5. The molecule has 1 amide bonds. The van der Waals surface area contributed by atoms with E-state index in [1.165, 1.54) is 22.9 Å². The molecule has 1 heterocycles. The highest BCUT2D eigenvalue weighted by Crippen LogP contribution is 2.34. The molecule has 0 spiro atoms. The van der Waals surface area contributed by atoms with E-state index >= 15 is 0 Å². The van der Waals surface area contributed by atoms with E-state index in [0.717, 1.165) is 10.5 Å². The summed E-state index contributed by atoms with van der Waals surface area (Å²) in [5.41, 5.74) is 3.13. The lowest BCUT2D eigenvalue weighted by Crippen LogP contribution is -2.22. The fourth-order valence-corrected chi connectivity index (χ4v) is 3.84. The highest BCUT2D eigenvalue weighted by Gasteiger charge is 2.16. The summed E-state index contributed by atoms with van der Waals surface area (Å²) in [5, 5.41) is 3.54. The molecule has 3 rings (SSSR count). The molecule has 0 bridgehead atoms. The van der Waals surface area contributed by atoms with Gasteiger partial charge in [0.1, 0.15) is 11.5 Å². The predicted octanol–water partition coefficient (Wildman–Crippen LogP) is 4.99. The van der Waals surface area contributed by atoms with Crippen LogP contribution >= 0.6 is 11.8 Å². The number of furan rings is 1. The van der Waals surface area contributed by atoms with Crippen LogP contribution in [0, 0.1) is 13.8 Å². The summed E-state index contributed by atoms with van der Waals surface area (Å²) >= 11 is 1.52. The molecule has 0 saturated carbocycles. The van der Waals surface area contributed by atoms with E-state index in [-0.39, 0.29) is 18.2 Å². The summed E-state index contributed by atoms with van der Waals surface area (Å²) in [5.74, 6) is 1.29. The van der Waals surface area contributed by atoms with Crippen molar-refractivity contribution in [3.63, 3.8) is 0 Å². The van der Waals surface area contributed by atoms with E-state index in [9.17, 15) is 4.79 Å². The van der Waals surface area contributed by atoms with Crippen molar-refractivity contribution in [2.24, 2.45) is 0 Å². The number of ether oxygens (including phenoxy) is 2. The highest BCUT2D eigenvalue weighted by molar-refractivity contribution is 7.99. The number of amides is 1. The smallest absolute Gasteiger partial charge is 0.287 e. The van der Waals surface area contributed by atoms with Gasteiger partial charge in [0.05, 0.1) is 26.3 Å². The Morgan fingerprint density at radius 3 is 2.18 bits per heavy atom. The van der Waals surface area contributed by atoms with Crippen molar-refractivity contribution in [1.29, 1.82) is 0 Å².